The molecule has 2 aromatic heterocycles. The maximum Gasteiger partial charge on any atom is 0.410 e. The Bertz CT molecular complexity index is 717. The summed E-state index contributed by atoms with van der Waals surface area (Å²) in [5.41, 5.74) is 0.176. The highest BCUT2D eigenvalue weighted by Gasteiger charge is 2.27. The van der Waals surface area contributed by atoms with Gasteiger partial charge in [0.15, 0.2) is 5.58 Å². The van der Waals surface area contributed by atoms with Crippen molar-refractivity contribution >= 4 is 23.3 Å². The number of hydrogen-bond acceptors (Lipinski definition) is 6. The molecular weight excluding hydrogens is 303 g/mol. The predicted molar refractivity (Wildman–Crippen MR) is 81.8 cm³/mol. The van der Waals surface area contributed by atoms with Crippen molar-refractivity contribution in [3.8, 4) is 0 Å². The highest BCUT2D eigenvalue weighted by Crippen LogP contribution is 2.22. The summed E-state index contributed by atoms with van der Waals surface area (Å²) in [6, 6.07) is 1.65. The van der Waals surface area contributed by atoms with Crippen LogP contribution in [0.4, 0.5) is 15.2 Å². The van der Waals surface area contributed by atoms with E-state index in [4.69, 9.17) is 9.15 Å². The number of carbonyl (C=O) groups excluding carboxylic acids is 1. The highest BCUT2D eigenvalue weighted by molar-refractivity contribution is 5.70. The van der Waals surface area contributed by atoms with Crippen LogP contribution in [-0.4, -0.2) is 52.7 Å². The van der Waals surface area contributed by atoms with Gasteiger partial charge in [0, 0.05) is 32.2 Å². The number of nitrogens with zero attached hydrogens (tertiary/aromatic N) is 4. The molecule has 124 valence electrons. The molecule has 8 heteroatoms. The normalized spacial score (nSPS) is 16.0. The molecular formula is C15H19FN4O3. The van der Waals surface area contributed by atoms with Gasteiger partial charge in [0.25, 0.3) is 6.01 Å². The van der Waals surface area contributed by atoms with E-state index >= 15 is 0 Å². The number of piperazine rings is 1. The molecule has 0 radical (unpaired) electrons. The number of ether oxygens (including phenoxy) is 1. The molecule has 0 spiro atoms. The van der Waals surface area contributed by atoms with Gasteiger partial charge in [-0.05, 0) is 20.8 Å². The third-order valence-corrected chi connectivity index (χ3v) is 3.40. The third kappa shape index (κ3) is 3.52. The number of halogens is 1. The molecule has 1 amide bonds. The predicted octanol–water partition coefficient (Wildman–Crippen LogP) is 2.42. The molecule has 3 heterocycles. The van der Waals surface area contributed by atoms with Gasteiger partial charge < -0.3 is 19.0 Å². The first-order chi connectivity index (χ1) is 10.8. The molecule has 3 rings (SSSR count). The van der Waals surface area contributed by atoms with Gasteiger partial charge in [0.2, 0.25) is 5.65 Å². The summed E-state index contributed by atoms with van der Waals surface area (Å²) in [6.45, 7) is 7.66. The lowest BCUT2D eigenvalue weighted by molar-refractivity contribution is 0.0239. The fourth-order valence-electron chi connectivity index (χ4n) is 2.33. The van der Waals surface area contributed by atoms with Crippen LogP contribution in [-0.2, 0) is 4.74 Å². The van der Waals surface area contributed by atoms with E-state index in [9.17, 15) is 9.18 Å². The number of oxazole rings is 1. The van der Waals surface area contributed by atoms with Gasteiger partial charge in [-0.25, -0.2) is 14.2 Å². The number of pyridine rings is 1. The van der Waals surface area contributed by atoms with Crippen molar-refractivity contribution in [3.63, 3.8) is 0 Å². The zero-order chi connectivity index (χ0) is 16.6. The first-order valence-electron chi connectivity index (χ1n) is 7.47. The maximum absolute atomic E-state index is 13.1. The Morgan fingerprint density at radius 3 is 2.65 bits per heavy atom. The number of amides is 1. The molecule has 0 aromatic carbocycles. The van der Waals surface area contributed by atoms with Crippen LogP contribution in [0.25, 0.3) is 11.2 Å². The second kappa shape index (κ2) is 5.68. The molecule has 2 aromatic rings. The maximum atomic E-state index is 13.1. The van der Waals surface area contributed by atoms with E-state index in [2.05, 4.69) is 9.97 Å². The van der Waals surface area contributed by atoms with Gasteiger partial charge in [-0.1, -0.05) is 0 Å². The topological polar surface area (TPSA) is 71.7 Å². The molecule has 0 unspecified atom stereocenters. The van der Waals surface area contributed by atoms with Gasteiger partial charge >= 0.3 is 6.09 Å². The zero-order valence-electron chi connectivity index (χ0n) is 13.4. The molecule has 0 aliphatic carbocycles. The Labute approximate surface area is 133 Å². The average molecular weight is 322 g/mol. The summed E-state index contributed by atoms with van der Waals surface area (Å²) in [7, 11) is 0. The fourth-order valence-corrected chi connectivity index (χ4v) is 2.33. The van der Waals surface area contributed by atoms with Crippen molar-refractivity contribution in [2.45, 2.75) is 26.4 Å². The van der Waals surface area contributed by atoms with Gasteiger partial charge in [0.1, 0.15) is 11.4 Å². The zero-order valence-corrected chi connectivity index (χ0v) is 13.4. The summed E-state index contributed by atoms with van der Waals surface area (Å²) >= 11 is 0. The minimum Gasteiger partial charge on any atom is -0.444 e. The largest absolute Gasteiger partial charge is 0.444 e. The number of fused-ring (bicyclic) bond motifs is 1. The van der Waals surface area contributed by atoms with Gasteiger partial charge in [-0.15, -0.1) is 0 Å². The fraction of sp³-hybridized carbons (Fsp3) is 0.533. The van der Waals surface area contributed by atoms with Gasteiger partial charge in [-0.2, -0.15) is 4.98 Å². The van der Waals surface area contributed by atoms with Crippen LogP contribution >= 0.6 is 0 Å². The van der Waals surface area contributed by atoms with Crippen LogP contribution in [0.3, 0.4) is 0 Å². The molecule has 0 N–H and O–H groups in total. The summed E-state index contributed by atoms with van der Waals surface area (Å²) in [4.78, 5) is 23.7. The van der Waals surface area contributed by atoms with Crippen LogP contribution in [0.2, 0.25) is 0 Å². The Morgan fingerprint density at radius 1 is 1.30 bits per heavy atom. The molecule has 1 saturated heterocycles. The summed E-state index contributed by atoms with van der Waals surface area (Å²) in [6.07, 6.45) is 0.785. The standard InChI is InChI=1S/C15H19FN4O3/c1-15(2,3)23-14(21)20-6-4-19(5-7-20)13-18-12-11(22-13)8-10(16)9-17-12/h8-9H,4-7H2,1-3H3. The molecule has 0 atom stereocenters. The number of carbonyl (C=O) groups is 1. The molecule has 1 aliphatic rings. The lowest BCUT2D eigenvalue weighted by Gasteiger charge is -2.34. The van der Waals surface area contributed by atoms with E-state index in [0.717, 1.165) is 6.20 Å². The molecule has 0 bridgehead atoms. The van der Waals surface area contributed by atoms with Crippen molar-refractivity contribution in [1.29, 1.82) is 0 Å². The number of rotatable bonds is 1. The Balaban J connectivity index is 1.65. The van der Waals surface area contributed by atoms with Crippen LogP contribution < -0.4 is 4.90 Å². The van der Waals surface area contributed by atoms with Crippen molar-refractivity contribution in [1.82, 2.24) is 14.9 Å². The average Bonchev–Trinajstić information content (AvgIpc) is 2.88. The second-order valence-corrected chi connectivity index (χ2v) is 6.43. The summed E-state index contributed by atoms with van der Waals surface area (Å²) in [5, 5.41) is 0. The van der Waals surface area contributed by atoms with E-state index < -0.39 is 11.4 Å². The van der Waals surface area contributed by atoms with Crippen LogP contribution in [0, 0.1) is 5.82 Å². The van der Waals surface area contributed by atoms with Crippen LogP contribution in [0.5, 0.6) is 0 Å². The Morgan fingerprint density at radius 2 is 2.00 bits per heavy atom. The second-order valence-electron chi connectivity index (χ2n) is 6.43. The highest BCUT2D eigenvalue weighted by atomic mass is 19.1. The van der Waals surface area contributed by atoms with E-state index in [1.165, 1.54) is 6.07 Å². The van der Waals surface area contributed by atoms with E-state index in [1.54, 1.807) is 4.90 Å². The smallest absolute Gasteiger partial charge is 0.410 e. The van der Waals surface area contributed by atoms with E-state index in [0.29, 0.717) is 43.4 Å². The number of aromatic nitrogens is 2. The van der Waals surface area contributed by atoms with Gasteiger partial charge in [-0.3, -0.25) is 0 Å². The first-order valence-corrected chi connectivity index (χ1v) is 7.47. The Kier molecular flexibility index (Phi) is 3.83. The van der Waals surface area contributed by atoms with Crippen LogP contribution in [0.1, 0.15) is 20.8 Å². The van der Waals surface area contributed by atoms with Crippen molar-refractivity contribution in [2.75, 3.05) is 31.1 Å². The SMILES string of the molecule is CC(C)(C)OC(=O)N1CCN(c2nc3ncc(F)cc3o2)CC1. The van der Waals surface area contributed by atoms with Gasteiger partial charge in [0.05, 0.1) is 6.20 Å². The lowest BCUT2D eigenvalue weighted by Crippen LogP contribution is -2.50. The first kappa shape index (κ1) is 15.5. The quantitative estimate of drug-likeness (QED) is 0.803. The summed E-state index contributed by atoms with van der Waals surface area (Å²) < 4.78 is 24.0. The Hall–Kier alpha value is -2.38. The number of anilines is 1. The molecule has 7 nitrogen and oxygen atoms in total. The molecule has 0 saturated carbocycles. The van der Waals surface area contributed by atoms with Crippen molar-refractivity contribution in [3.05, 3.63) is 18.1 Å². The van der Waals surface area contributed by atoms with E-state index in [-0.39, 0.29) is 6.09 Å². The molecule has 1 fully saturated rings. The monoisotopic (exact) mass is 322 g/mol. The minimum atomic E-state index is -0.510. The van der Waals surface area contributed by atoms with Crippen molar-refractivity contribution < 1.29 is 18.3 Å². The van der Waals surface area contributed by atoms with Crippen LogP contribution in [0.15, 0.2) is 16.7 Å². The molecule has 23 heavy (non-hydrogen) atoms. The number of hydrogen-bond donors (Lipinski definition) is 0. The minimum absolute atomic E-state index is 0.314. The lowest BCUT2D eigenvalue weighted by atomic mass is 10.2. The van der Waals surface area contributed by atoms with E-state index in [1.807, 2.05) is 25.7 Å². The third-order valence-electron chi connectivity index (χ3n) is 3.40. The molecule has 1 aliphatic heterocycles. The summed E-state index contributed by atoms with van der Waals surface area (Å²) in [5.74, 6) is -0.463. The van der Waals surface area contributed by atoms with Crippen molar-refractivity contribution in [2.24, 2.45) is 0 Å².